The van der Waals surface area contributed by atoms with Gasteiger partial charge in [0.05, 0.1) is 0 Å². The average molecular weight is 385 g/mol. The quantitative estimate of drug-likeness (QED) is 0.769. The van der Waals surface area contributed by atoms with Crippen molar-refractivity contribution in [3.8, 4) is 17.2 Å². The minimum Gasteiger partial charge on any atom is -0.482 e. The van der Waals surface area contributed by atoms with Crippen LogP contribution in [0.15, 0.2) is 42.5 Å². The number of benzene rings is 2. The van der Waals surface area contributed by atoms with Gasteiger partial charge >= 0.3 is 5.97 Å². The number of hydrogen-bond acceptors (Lipinski definition) is 6. The molecule has 0 saturated carbocycles. The maximum absolute atomic E-state index is 12.0. The number of carbonyl (C=O) groups excluding carboxylic acids is 2. The fraction of sp³-hybridized carbons (Fsp3) is 0.333. The van der Waals surface area contributed by atoms with Gasteiger partial charge in [-0.15, -0.1) is 0 Å². The number of anilines is 1. The van der Waals surface area contributed by atoms with Crippen LogP contribution in [0.4, 0.5) is 5.69 Å². The highest BCUT2D eigenvalue weighted by molar-refractivity contribution is 5.93. The van der Waals surface area contributed by atoms with Gasteiger partial charge in [0.25, 0.3) is 5.91 Å². The van der Waals surface area contributed by atoms with E-state index in [-0.39, 0.29) is 18.8 Å². The zero-order valence-electron chi connectivity index (χ0n) is 16.1. The third kappa shape index (κ3) is 4.94. The highest BCUT2D eigenvalue weighted by Crippen LogP contribution is 2.34. The Morgan fingerprint density at radius 2 is 1.79 bits per heavy atom. The van der Waals surface area contributed by atoms with Crippen LogP contribution in [0.1, 0.15) is 26.3 Å². The first-order valence-electron chi connectivity index (χ1n) is 8.90. The van der Waals surface area contributed by atoms with Gasteiger partial charge in [-0.1, -0.05) is 39.0 Å². The molecule has 0 spiro atoms. The summed E-state index contributed by atoms with van der Waals surface area (Å²) in [6.45, 7) is 5.67. The maximum Gasteiger partial charge on any atom is 0.344 e. The second-order valence-electron chi connectivity index (χ2n) is 7.31. The monoisotopic (exact) mass is 385 g/mol. The predicted octanol–water partition coefficient (Wildman–Crippen LogP) is 3.27. The van der Waals surface area contributed by atoms with Crippen molar-refractivity contribution < 1.29 is 28.5 Å². The Hall–Kier alpha value is -3.22. The number of amides is 1. The molecule has 3 rings (SSSR count). The fourth-order valence-electron chi connectivity index (χ4n) is 2.71. The Balaban J connectivity index is 1.46. The Kier molecular flexibility index (Phi) is 5.73. The van der Waals surface area contributed by atoms with Crippen molar-refractivity contribution >= 4 is 17.6 Å². The van der Waals surface area contributed by atoms with Crippen LogP contribution in [0.3, 0.4) is 0 Å². The molecule has 0 unspecified atom stereocenters. The van der Waals surface area contributed by atoms with Crippen molar-refractivity contribution in [2.45, 2.75) is 26.2 Å². The minimum absolute atomic E-state index is 0.120. The van der Waals surface area contributed by atoms with Crippen molar-refractivity contribution in [3.63, 3.8) is 0 Å². The molecule has 28 heavy (non-hydrogen) atoms. The minimum atomic E-state index is -0.621. The summed E-state index contributed by atoms with van der Waals surface area (Å²) in [6, 6.07) is 12.6. The van der Waals surface area contributed by atoms with Crippen LogP contribution < -0.4 is 19.5 Å². The molecule has 0 bridgehead atoms. The number of esters is 1. The van der Waals surface area contributed by atoms with Crippen LogP contribution in [0.2, 0.25) is 0 Å². The standard InChI is InChI=1S/C21H23NO6/c1-21(2,3)15-6-4-5-7-16(15)25-12-20(24)26-11-19(23)22-14-8-9-17-18(10-14)28-13-27-17/h4-10H,11-13H2,1-3H3,(H,22,23). The van der Waals surface area contributed by atoms with Crippen LogP contribution in [0, 0.1) is 0 Å². The van der Waals surface area contributed by atoms with Gasteiger partial charge in [-0.3, -0.25) is 4.79 Å². The van der Waals surface area contributed by atoms with Gasteiger partial charge in [0, 0.05) is 11.8 Å². The summed E-state index contributed by atoms with van der Waals surface area (Å²) in [5, 5.41) is 2.64. The molecule has 148 valence electrons. The lowest BCUT2D eigenvalue weighted by Gasteiger charge is -2.22. The summed E-state index contributed by atoms with van der Waals surface area (Å²) < 4.78 is 21.0. The van der Waals surface area contributed by atoms with E-state index < -0.39 is 18.5 Å². The highest BCUT2D eigenvalue weighted by atomic mass is 16.7. The van der Waals surface area contributed by atoms with Gasteiger partial charge in [0.15, 0.2) is 24.7 Å². The second kappa shape index (κ2) is 8.21. The molecule has 2 aromatic rings. The summed E-state index contributed by atoms with van der Waals surface area (Å²) in [7, 11) is 0. The Morgan fingerprint density at radius 1 is 1.04 bits per heavy atom. The van der Waals surface area contributed by atoms with E-state index in [0.29, 0.717) is 22.9 Å². The van der Waals surface area contributed by atoms with Gasteiger partial charge in [-0.05, 0) is 29.2 Å². The molecule has 1 N–H and O–H groups in total. The number of nitrogens with one attached hydrogen (secondary N) is 1. The summed E-state index contributed by atoms with van der Waals surface area (Å²) in [5.74, 6) is 0.724. The Labute approximate surface area is 163 Å². The number of fused-ring (bicyclic) bond motifs is 1. The largest absolute Gasteiger partial charge is 0.482 e. The number of ether oxygens (including phenoxy) is 4. The molecule has 2 aromatic carbocycles. The lowest BCUT2D eigenvalue weighted by atomic mass is 9.86. The van der Waals surface area contributed by atoms with Crippen molar-refractivity contribution in [2.24, 2.45) is 0 Å². The van der Waals surface area contributed by atoms with E-state index in [1.807, 2.05) is 18.2 Å². The Morgan fingerprint density at radius 3 is 2.57 bits per heavy atom. The molecule has 0 aromatic heterocycles. The molecule has 7 nitrogen and oxygen atoms in total. The molecule has 1 amide bonds. The molecule has 1 heterocycles. The van der Waals surface area contributed by atoms with E-state index in [1.54, 1.807) is 24.3 Å². The Bertz CT molecular complexity index is 871. The summed E-state index contributed by atoms with van der Waals surface area (Å²) in [6.07, 6.45) is 0. The van der Waals surface area contributed by atoms with Crippen LogP contribution in [0.25, 0.3) is 0 Å². The van der Waals surface area contributed by atoms with Crippen molar-refractivity contribution in [1.29, 1.82) is 0 Å². The van der Waals surface area contributed by atoms with E-state index in [4.69, 9.17) is 18.9 Å². The van der Waals surface area contributed by atoms with Gasteiger partial charge in [-0.25, -0.2) is 4.79 Å². The first-order valence-corrected chi connectivity index (χ1v) is 8.90. The average Bonchev–Trinajstić information content (AvgIpc) is 3.12. The maximum atomic E-state index is 12.0. The molecule has 0 saturated heterocycles. The predicted molar refractivity (Wildman–Crippen MR) is 103 cm³/mol. The summed E-state index contributed by atoms with van der Waals surface area (Å²) in [5.41, 5.74) is 1.40. The molecule has 7 heteroatoms. The topological polar surface area (TPSA) is 83.1 Å². The molecule has 0 fully saturated rings. The van der Waals surface area contributed by atoms with E-state index in [0.717, 1.165) is 5.56 Å². The lowest BCUT2D eigenvalue weighted by molar-refractivity contribution is -0.149. The van der Waals surface area contributed by atoms with Crippen LogP contribution >= 0.6 is 0 Å². The summed E-state index contributed by atoms with van der Waals surface area (Å²) >= 11 is 0. The summed E-state index contributed by atoms with van der Waals surface area (Å²) in [4.78, 5) is 23.9. The molecule has 1 aliphatic heterocycles. The van der Waals surface area contributed by atoms with E-state index in [2.05, 4.69) is 26.1 Å². The van der Waals surface area contributed by atoms with Gasteiger partial charge < -0.3 is 24.3 Å². The van der Waals surface area contributed by atoms with Crippen LogP contribution in [-0.2, 0) is 19.7 Å². The second-order valence-corrected chi connectivity index (χ2v) is 7.31. The van der Waals surface area contributed by atoms with Crippen molar-refractivity contribution in [1.82, 2.24) is 0 Å². The van der Waals surface area contributed by atoms with Gasteiger partial charge in [-0.2, -0.15) is 0 Å². The van der Waals surface area contributed by atoms with Crippen LogP contribution in [0.5, 0.6) is 17.2 Å². The number of hydrogen-bond donors (Lipinski definition) is 1. The third-order valence-corrected chi connectivity index (χ3v) is 4.06. The molecule has 0 radical (unpaired) electrons. The molecular weight excluding hydrogens is 362 g/mol. The zero-order valence-corrected chi connectivity index (χ0v) is 16.1. The third-order valence-electron chi connectivity index (χ3n) is 4.06. The first-order chi connectivity index (χ1) is 13.3. The SMILES string of the molecule is CC(C)(C)c1ccccc1OCC(=O)OCC(=O)Nc1ccc2c(c1)OCO2. The number of para-hydroxylation sites is 1. The molecular formula is C21H23NO6. The fourth-order valence-corrected chi connectivity index (χ4v) is 2.71. The van der Waals surface area contributed by atoms with Crippen molar-refractivity contribution in [3.05, 3.63) is 48.0 Å². The molecule has 1 aliphatic rings. The zero-order chi connectivity index (χ0) is 20.1. The normalized spacial score (nSPS) is 12.4. The van der Waals surface area contributed by atoms with Crippen LogP contribution in [-0.4, -0.2) is 31.9 Å². The number of rotatable bonds is 6. The van der Waals surface area contributed by atoms with Gasteiger partial charge in [0.2, 0.25) is 6.79 Å². The van der Waals surface area contributed by atoms with E-state index in [9.17, 15) is 9.59 Å². The smallest absolute Gasteiger partial charge is 0.344 e. The van der Waals surface area contributed by atoms with E-state index in [1.165, 1.54) is 0 Å². The van der Waals surface area contributed by atoms with Gasteiger partial charge in [0.1, 0.15) is 5.75 Å². The first kappa shape index (κ1) is 19.5. The van der Waals surface area contributed by atoms with Crippen molar-refractivity contribution in [2.75, 3.05) is 25.3 Å². The molecule has 0 atom stereocenters. The lowest BCUT2D eigenvalue weighted by Crippen LogP contribution is -2.24. The highest BCUT2D eigenvalue weighted by Gasteiger charge is 2.19. The van der Waals surface area contributed by atoms with E-state index >= 15 is 0 Å². The molecule has 0 aliphatic carbocycles. The number of carbonyl (C=O) groups is 2.